The molecule has 0 radical (unpaired) electrons. The lowest BCUT2D eigenvalue weighted by atomic mass is 9.98. The summed E-state index contributed by atoms with van der Waals surface area (Å²) in [6.07, 6.45) is 1.77. The highest BCUT2D eigenvalue weighted by molar-refractivity contribution is 6.36. The average Bonchev–Trinajstić information content (AvgIpc) is 2.76. The van der Waals surface area contributed by atoms with E-state index in [2.05, 4.69) is 9.97 Å². The maximum Gasteiger partial charge on any atom is 0.272 e. The highest BCUT2D eigenvalue weighted by atomic mass is 35.5. The fourth-order valence-corrected chi connectivity index (χ4v) is 3.84. The molecule has 1 aliphatic rings. The summed E-state index contributed by atoms with van der Waals surface area (Å²) in [7, 11) is 0. The first-order valence-electron chi connectivity index (χ1n) is 8.54. The Bertz CT molecular complexity index is 1070. The zero-order chi connectivity index (χ0) is 19.8. The predicted molar refractivity (Wildman–Crippen MR) is 106 cm³/mol. The normalized spacial score (nSPS) is 13.3. The quantitative estimate of drug-likeness (QED) is 0.616. The van der Waals surface area contributed by atoms with Gasteiger partial charge in [-0.15, -0.1) is 0 Å². The summed E-state index contributed by atoms with van der Waals surface area (Å²) in [5, 5.41) is 19.9. The Hall–Kier alpha value is -2.83. The number of aromatic hydroxyl groups is 2. The van der Waals surface area contributed by atoms with E-state index in [0.29, 0.717) is 29.8 Å². The number of hydrogen-bond acceptors (Lipinski definition) is 5. The number of halogens is 2. The van der Waals surface area contributed by atoms with Crippen molar-refractivity contribution in [3.05, 3.63) is 69.6 Å². The molecule has 0 bridgehead atoms. The second-order valence-corrected chi connectivity index (χ2v) is 7.17. The van der Waals surface area contributed by atoms with Crippen molar-refractivity contribution in [1.82, 2.24) is 14.9 Å². The van der Waals surface area contributed by atoms with Crippen LogP contribution in [0.15, 0.2) is 42.7 Å². The van der Waals surface area contributed by atoms with Gasteiger partial charge in [0.05, 0.1) is 15.7 Å². The molecule has 6 nitrogen and oxygen atoms in total. The van der Waals surface area contributed by atoms with Gasteiger partial charge in [0.15, 0.2) is 11.5 Å². The van der Waals surface area contributed by atoms with Crippen LogP contribution in [-0.4, -0.2) is 37.5 Å². The fraction of sp³-hybridized carbons (Fsp3) is 0.150. The second-order valence-electron chi connectivity index (χ2n) is 6.41. The third-order valence-electron chi connectivity index (χ3n) is 4.76. The van der Waals surface area contributed by atoms with Crippen LogP contribution in [-0.2, 0) is 13.0 Å². The summed E-state index contributed by atoms with van der Waals surface area (Å²) in [5.41, 5.74) is 2.97. The third kappa shape index (κ3) is 3.15. The molecule has 2 N–H and O–H groups in total. The molecular weight excluding hydrogens is 401 g/mol. The standard InChI is InChI=1S/C20H15Cl2N3O3/c21-16-12-6-7-25(9-13(12)17(22)19(27)18(16)26)20(28)15-8-14(23-10-24-15)11-4-2-1-3-5-11/h1-5,8,10,26-27H,6-7,9H2. The van der Waals surface area contributed by atoms with E-state index in [-0.39, 0.29) is 28.2 Å². The highest BCUT2D eigenvalue weighted by Crippen LogP contribution is 2.46. The molecule has 0 atom stereocenters. The molecule has 28 heavy (non-hydrogen) atoms. The van der Waals surface area contributed by atoms with Crippen LogP contribution in [0.2, 0.25) is 10.0 Å². The van der Waals surface area contributed by atoms with Crippen LogP contribution in [0, 0.1) is 0 Å². The van der Waals surface area contributed by atoms with Gasteiger partial charge in [-0.1, -0.05) is 53.5 Å². The van der Waals surface area contributed by atoms with E-state index in [1.807, 2.05) is 30.3 Å². The first-order chi connectivity index (χ1) is 13.5. The topological polar surface area (TPSA) is 86.6 Å². The Kier molecular flexibility index (Phi) is 4.83. The molecule has 0 saturated carbocycles. The van der Waals surface area contributed by atoms with Gasteiger partial charge in [-0.2, -0.15) is 0 Å². The van der Waals surface area contributed by atoms with Gasteiger partial charge in [0.25, 0.3) is 5.91 Å². The van der Waals surface area contributed by atoms with Crippen molar-refractivity contribution in [2.24, 2.45) is 0 Å². The van der Waals surface area contributed by atoms with Gasteiger partial charge in [-0.05, 0) is 23.6 Å². The lowest BCUT2D eigenvalue weighted by Gasteiger charge is -2.30. The summed E-state index contributed by atoms with van der Waals surface area (Å²) in [6.45, 7) is 0.544. The molecule has 0 aliphatic carbocycles. The number of hydrogen-bond donors (Lipinski definition) is 2. The SMILES string of the molecule is O=C(c1cc(-c2ccccc2)ncn1)N1CCc2c(Cl)c(O)c(O)c(Cl)c2C1. The fourth-order valence-electron chi connectivity index (χ4n) is 3.28. The zero-order valence-electron chi connectivity index (χ0n) is 14.6. The monoisotopic (exact) mass is 415 g/mol. The van der Waals surface area contributed by atoms with Crippen LogP contribution in [0.4, 0.5) is 0 Å². The number of amides is 1. The van der Waals surface area contributed by atoms with E-state index < -0.39 is 11.5 Å². The van der Waals surface area contributed by atoms with Crippen molar-refractivity contribution >= 4 is 29.1 Å². The van der Waals surface area contributed by atoms with Crippen LogP contribution in [0.5, 0.6) is 11.5 Å². The third-order valence-corrected chi connectivity index (χ3v) is 5.57. The minimum Gasteiger partial charge on any atom is -0.503 e. The maximum atomic E-state index is 13.0. The number of fused-ring (bicyclic) bond motifs is 1. The van der Waals surface area contributed by atoms with Crippen molar-refractivity contribution in [3.63, 3.8) is 0 Å². The van der Waals surface area contributed by atoms with Crippen molar-refractivity contribution in [1.29, 1.82) is 0 Å². The van der Waals surface area contributed by atoms with Gasteiger partial charge in [0.2, 0.25) is 0 Å². The van der Waals surface area contributed by atoms with E-state index in [4.69, 9.17) is 23.2 Å². The average molecular weight is 416 g/mol. The van der Waals surface area contributed by atoms with Crippen molar-refractivity contribution in [2.45, 2.75) is 13.0 Å². The maximum absolute atomic E-state index is 13.0. The van der Waals surface area contributed by atoms with Crippen LogP contribution in [0.1, 0.15) is 21.6 Å². The highest BCUT2D eigenvalue weighted by Gasteiger charge is 2.29. The first-order valence-corrected chi connectivity index (χ1v) is 9.30. The number of nitrogens with zero attached hydrogens (tertiary/aromatic N) is 3. The van der Waals surface area contributed by atoms with E-state index >= 15 is 0 Å². The lowest BCUT2D eigenvalue weighted by Crippen LogP contribution is -2.36. The number of phenolic OH excluding ortho intramolecular Hbond substituents is 2. The van der Waals surface area contributed by atoms with Crippen molar-refractivity contribution in [2.75, 3.05) is 6.54 Å². The van der Waals surface area contributed by atoms with Gasteiger partial charge in [0, 0.05) is 18.7 Å². The molecular formula is C20H15Cl2N3O3. The summed E-state index contributed by atoms with van der Waals surface area (Å²) < 4.78 is 0. The molecule has 1 amide bonds. The number of aromatic nitrogens is 2. The number of benzene rings is 2. The first kappa shape index (κ1) is 18.5. The van der Waals surface area contributed by atoms with Crippen LogP contribution in [0.3, 0.4) is 0 Å². The number of carbonyl (C=O) groups excluding carboxylic acids is 1. The number of phenols is 2. The van der Waals surface area contributed by atoms with E-state index in [1.54, 1.807) is 11.0 Å². The molecule has 142 valence electrons. The molecule has 0 fully saturated rings. The Labute approximate surface area is 171 Å². The van der Waals surface area contributed by atoms with E-state index in [9.17, 15) is 15.0 Å². The Morgan fingerprint density at radius 2 is 1.68 bits per heavy atom. The molecule has 1 aromatic heterocycles. The van der Waals surface area contributed by atoms with E-state index in [0.717, 1.165) is 5.56 Å². The number of rotatable bonds is 2. The largest absolute Gasteiger partial charge is 0.503 e. The lowest BCUT2D eigenvalue weighted by molar-refractivity contribution is 0.0728. The van der Waals surface area contributed by atoms with Crippen LogP contribution < -0.4 is 0 Å². The summed E-state index contributed by atoms with van der Waals surface area (Å²) in [6, 6.07) is 11.2. The van der Waals surface area contributed by atoms with Crippen molar-refractivity contribution in [3.8, 4) is 22.8 Å². The smallest absolute Gasteiger partial charge is 0.272 e. The predicted octanol–water partition coefficient (Wildman–Crippen LogP) is 4.06. The summed E-state index contributed by atoms with van der Waals surface area (Å²) in [4.78, 5) is 22.9. The molecule has 2 heterocycles. The summed E-state index contributed by atoms with van der Waals surface area (Å²) >= 11 is 12.3. The van der Waals surface area contributed by atoms with Gasteiger partial charge in [-0.25, -0.2) is 9.97 Å². The Morgan fingerprint density at radius 3 is 2.39 bits per heavy atom. The van der Waals surface area contributed by atoms with Gasteiger partial charge < -0.3 is 15.1 Å². The van der Waals surface area contributed by atoms with Gasteiger partial charge in [-0.3, -0.25) is 4.79 Å². The zero-order valence-corrected chi connectivity index (χ0v) is 16.1. The molecule has 0 unspecified atom stereocenters. The van der Waals surface area contributed by atoms with Gasteiger partial charge in [0.1, 0.15) is 12.0 Å². The number of carbonyl (C=O) groups is 1. The molecule has 2 aromatic carbocycles. The molecule has 8 heteroatoms. The minimum atomic E-state index is -0.479. The molecule has 0 saturated heterocycles. The second kappa shape index (κ2) is 7.30. The molecule has 3 aromatic rings. The van der Waals surface area contributed by atoms with Gasteiger partial charge >= 0.3 is 0 Å². The summed E-state index contributed by atoms with van der Waals surface area (Å²) in [5.74, 6) is -1.19. The molecule has 0 spiro atoms. The van der Waals surface area contributed by atoms with E-state index in [1.165, 1.54) is 6.33 Å². The van der Waals surface area contributed by atoms with Crippen molar-refractivity contribution < 1.29 is 15.0 Å². The molecule has 1 aliphatic heterocycles. The Morgan fingerprint density at radius 1 is 1.00 bits per heavy atom. The van der Waals surface area contributed by atoms with Crippen LogP contribution in [0.25, 0.3) is 11.3 Å². The Balaban J connectivity index is 1.65. The minimum absolute atomic E-state index is 0.00191. The molecule has 4 rings (SSSR count). The van der Waals surface area contributed by atoms with Crippen LogP contribution >= 0.6 is 23.2 Å².